The third-order valence-corrected chi connectivity index (χ3v) is 4.14. The summed E-state index contributed by atoms with van der Waals surface area (Å²) >= 11 is 6.22. The molecule has 122 valence electrons. The lowest BCUT2D eigenvalue weighted by Gasteiger charge is -2.14. The third-order valence-electron chi connectivity index (χ3n) is 3.84. The molecule has 3 aromatic rings. The first-order valence-electron chi connectivity index (χ1n) is 7.35. The molecule has 0 unspecified atom stereocenters. The molecule has 0 saturated heterocycles. The van der Waals surface area contributed by atoms with Crippen LogP contribution in [0.2, 0.25) is 5.02 Å². The zero-order valence-electron chi connectivity index (χ0n) is 13.4. The zero-order chi connectivity index (χ0) is 17.4. The number of halogens is 1. The predicted molar refractivity (Wildman–Crippen MR) is 91.6 cm³/mol. The fraction of sp³-hybridized carbons (Fsp3) is 0.235. The highest BCUT2D eigenvalue weighted by atomic mass is 35.5. The van der Waals surface area contributed by atoms with E-state index in [4.69, 9.17) is 16.3 Å². The quantitative estimate of drug-likeness (QED) is 0.791. The van der Waals surface area contributed by atoms with E-state index in [0.29, 0.717) is 33.2 Å². The van der Waals surface area contributed by atoms with Gasteiger partial charge in [-0.1, -0.05) is 25.4 Å². The van der Waals surface area contributed by atoms with Crippen molar-refractivity contribution in [2.75, 3.05) is 7.11 Å². The van der Waals surface area contributed by atoms with E-state index >= 15 is 0 Å². The van der Waals surface area contributed by atoms with E-state index in [2.05, 4.69) is 10.1 Å². The molecular formula is C17H15ClN4O2. The van der Waals surface area contributed by atoms with Crippen molar-refractivity contribution in [1.29, 1.82) is 5.26 Å². The number of hydrogen-bond acceptors (Lipinski definition) is 4. The van der Waals surface area contributed by atoms with Crippen molar-refractivity contribution in [1.82, 2.24) is 14.6 Å². The van der Waals surface area contributed by atoms with Crippen LogP contribution in [0.1, 0.15) is 30.9 Å². The van der Waals surface area contributed by atoms with Crippen LogP contribution in [-0.4, -0.2) is 21.7 Å². The van der Waals surface area contributed by atoms with Crippen LogP contribution in [0.4, 0.5) is 0 Å². The predicted octanol–water partition coefficient (Wildman–Crippen LogP) is 3.35. The van der Waals surface area contributed by atoms with Crippen LogP contribution in [0.3, 0.4) is 0 Å². The highest BCUT2D eigenvalue weighted by molar-refractivity contribution is 6.32. The summed E-state index contributed by atoms with van der Waals surface area (Å²) < 4.78 is 6.40. The Hall–Kier alpha value is -2.78. The number of ether oxygens (including phenoxy) is 1. The monoisotopic (exact) mass is 342 g/mol. The number of methoxy groups -OCH3 is 1. The minimum absolute atomic E-state index is 0.0382. The van der Waals surface area contributed by atoms with Gasteiger partial charge in [-0.15, -0.1) is 0 Å². The number of fused-ring (bicyclic) bond motifs is 1. The maximum Gasteiger partial charge on any atom is 0.278 e. The van der Waals surface area contributed by atoms with Crippen molar-refractivity contribution in [2.45, 2.75) is 19.8 Å². The Morgan fingerprint density at radius 2 is 2.17 bits per heavy atom. The number of benzene rings is 1. The normalized spacial score (nSPS) is 11.0. The van der Waals surface area contributed by atoms with Crippen LogP contribution in [0, 0.1) is 11.3 Å². The molecule has 1 aromatic carbocycles. The molecule has 0 bridgehead atoms. The van der Waals surface area contributed by atoms with E-state index < -0.39 is 0 Å². The van der Waals surface area contributed by atoms with Crippen molar-refractivity contribution in [3.05, 3.63) is 50.9 Å². The molecule has 7 heteroatoms. The summed E-state index contributed by atoms with van der Waals surface area (Å²) in [7, 11) is 1.54. The molecule has 0 saturated carbocycles. The van der Waals surface area contributed by atoms with Gasteiger partial charge in [0.25, 0.3) is 5.56 Å². The number of rotatable bonds is 3. The Labute approximate surface area is 143 Å². The second-order valence-electron chi connectivity index (χ2n) is 5.65. The van der Waals surface area contributed by atoms with Crippen LogP contribution in [0.15, 0.2) is 29.2 Å². The number of aromatic amines is 1. The smallest absolute Gasteiger partial charge is 0.278 e. The zero-order valence-corrected chi connectivity index (χ0v) is 14.2. The maximum absolute atomic E-state index is 12.8. The average Bonchev–Trinajstić information content (AvgIpc) is 2.97. The lowest BCUT2D eigenvalue weighted by molar-refractivity contribution is 0.415. The number of hydrogen-bond donors (Lipinski definition) is 1. The van der Waals surface area contributed by atoms with E-state index in [9.17, 15) is 10.1 Å². The second kappa shape index (κ2) is 6.02. The van der Waals surface area contributed by atoms with Crippen molar-refractivity contribution in [2.24, 2.45) is 0 Å². The topological polar surface area (TPSA) is 83.2 Å². The number of nitriles is 1. The van der Waals surface area contributed by atoms with Crippen LogP contribution < -0.4 is 10.3 Å². The molecule has 0 radical (unpaired) electrons. The van der Waals surface area contributed by atoms with Gasteiger partial charge in [0.15, 0.2) is 5.65 Å². The highest BCUT2D eigenvalue weighted by Crippen LogP contribution is 2.32. The van der Waals surface area contributed by atoms with E-state index in [0.717, 1.165) is 5.56 Å². The Morgan fingerprint density at radius 3 is 2.75 bits per heavy atom. The molecule has 0 aliphatic heterocycles. The van der Waals surface area contributed by atoms with Gasteiger partial charge in [0.05, 0.1) is 24.0 Å². The van der Waals surface area contributed by atoms with Gasteiger partial charge in [-0.05, 0) is 24.1 Å². The Kier molecular flexibility index (Phi) is 4.04. The Balaban J connectivity index is 2.37. The first kappa shape index (κ1) is 16.1. The van der Waals surface area contributed by atoms with Gasteiger partial charge in [0.2, 0.25) is 0 Å². The van der Waals surface area contributed by atoms with E-state index in [1.165, 1.54) is 10.7 Å². The molecule has 0 aliphatic rings. The molecule has 1 N–H and O–H groups in total. The van der Waals surface area contributed by atoms with Gasteiger partial charge in [-0.25, -0.2) is 0 Å². The van der Waals surface area contributed by atoms with Crippen molar-refractivity contribution in [3.63, 3.8) is 0 Å². The van der Waals surface area contributed by atoms with Crippen LogP contribution in [0.5, 0.6) is 5.75 Å². The first-order valence-corrected chi connectivity index (χ1v) is 7.73. The lowest BCUT2D eigenvalue weighted by atomic mass is 9.98. The van der Waals surface area contributed by atoms with Gasteiger partial charge in [0, 0.05) is 11.1 Å². The van der Waals surface area contributed by atoms with E-state index in [-0.39, 0.29) is 11.5 Å². The minimum atomic E-state index is -0.248. The Bertz CT molecular complexity index is 1030. The molecule has 2 aromatic heterocycles. The number of aromatic nitrogens is 3. The first-order chi connectivity index (χ1) is 11.5. The molecule has 0 spiro atoms. The summed E-state index contributed by atoms with van der Waals surface area (Å²) in [6.45, 7) is 3.86. The van der Waals surface area contributed by atoms with Gasteiger partial charge < -0.3 is 9.72 Å². The molecule has 6 nitrogen and oxygen atoms in total. The van der Waals surface area contributed by atoms with Crippen molar-refractivity contribution in [3.8, 4) is 23.1 Å². The number of nitrogens with one attached hydrogen (secondary N) is 1. The summed E-state index contributed by atoms with van der Waals surface area (Å²) in [4.78, 5) is 16.0. The third kappa shape index (κ3) is 2.43. The van der Waals surface area contributed by atoms with E-state index in [1.807, 2.05) is 26.0 Å². The van der Waals surface area contributed by atoms with Crippen LogP contribution in [-0.2, 0) is 0 Å². The maximum atomic E-state index is 12.8. The summed E-state index contributed by atoms with van der Waals surface area (Å²) in [5.41, 5.74) is 2.38. The number of nitrogens with zero attached hydrogens (tertiary/aromatic N) is 3. The van der Waals surface area contributed by atoms with Crippen molar-refractivity contribution < 1.29 is 4.74 Å². The fourth-order valence-corrected chi connectivity index (χ4v) is 2.95. The second-order valence-corrected chi connectivity index (χ2v) is 6.06. The summed E-state index contributed by atoms with van der Waals surface area (Å²) in [5, 5.41) is 13.7. The summed E-state index contributed by atoms with van der Waals surface area (Å²) in [5.74, 6) is 0.515. The largest absolute Gasteiger partial charge is 0.495 e. The molecule has 0 fully saturated rings. The van der Waals surface area contributed by atoms with Crippen molar-refractivity contribution >= 4 is 17.2 Å². The van der Waals surface area contributed by atoms with Gasteiger partial charge in [0.1, 0.15) is 17.4 Å². The van der Waals surface area contributed by atoms with Gasteiger partial charge in [-0.3, -0.25) is 4.79 Å². The van der Waals surface area contributed by atoms with Crippen LogP contribution >= 0.6 is 11.6 Å². The molecular weight excluding hydrogens is 328 g/mol. The minimum Gasteiger partial charge on any atom is -0.495 e. The number of H-pyrrole nitrogens is 1. The molecule has 24 heavy (non-hydrogen) atoms. The molecule has 0 amide bonds. The van der Waals surface area contributed by atoms with Gasteiger partial charge in [-0.2, -0.15) is 14.9 Å². The van der Waals surface area contributed by atoms with Crippen LogP contribution in [0.25, 0.3) is 16.9 Å². The summed E-state index contributed by atoms with van der Waals surface area (Å²) in [6, 6.07) is 7.33. The summed E-state index contributed by atoms with van der Waals surface area (Å²) in [6.07, 6.45) is 1.38. The standard InChI is InChI=1S/C17H15ClN4O2/c1-9(2)14-15(10-4-5-13(24-3)12(18)6-10)21-16-11(7-19)8-20-22(16)17(14)23/h4-6,8-9,21H,1-3H3. The SMILES string of the molecule is COc1ccc(-c2[nH]c3c(C#N)cnn3c(=O)c2C(C)C)cc1Cl. The molecule has 3 rings (SSSR count). The van der Waals surface area contributed by atoms with E-state index in [1.54, 1.807) is 19.2 Å². The molecule has 0 atom stereocenters. The highest BCUT2D eigenvalue weighted by Gasteiger charge is 2.19. The fourth-order valence-electron chi connectivity index (χ4n) is 2.70. The van der Waals surface area contributed by atoms with Gasteiger partial charge >= 0.3 is 0 Å². The lowest BCUT2D eigenvalue weighted by Crippen LogP contribution is -2.22. The average molecular weight is 343 g/mol. The molecule has 0 aliphatic carbocycles. The molecule has 2 heterocycles. The Morgan fingerprint density at radius 1 is 1.42 bits per heavy atom.